The zero-order valence-electron chi connectivity index (χ0n) is 9.54. The number of sulfonamides is 1. The maximum atomic E-state index is 11.9. The van der Waals surface area contributed by atoms with E-state index in [9.17, 15) is 8.42 Å². The molecule has 6 nitrogen and oxygen atoms in total. The van der Waals surface area contributed by atoms with Crippen molar-refractivity contribution in [1.82, 2.24) is 9.71 Å². The minimum absolute atomic E-state index is 0.128. The van der Waals surface area contributed by atoms with Gasteiger partial charge in [-0.15, -0.1) is 0 Å². The van der Waals surface area contributed by atoms with E-state index in [1.54, 1.807) is 24.5 Å². The van der Waals surface area contributed by atoms with Crippen molar-refractivity contribution in [3.8, 4) is 0 Å². The first-order chi connectivity index (χ1) is 8.59. The van der Waals surface area contributed by atoms with E-state index in [1.165, 1.54) is 12.3 Å². The molecule has 0 amide bonds. The summed E-state index contributed by atoms with van der Waals surface area (Å²) in [7, 11) is -3.67. The van der Waals surface area contributed by atoms with E-state index in [0.29, 0.717) is 12.2 Å². The van der Waals surface area contributed by atoms with Crippen LogP contribution in [-0.2, 0) is 16.4 Å². The van der Waals surface area contributed by atoms with Gasteiger partial charge in [-0.05, 0) is 24.3 Å². The minimum atomic E-state index is -3.67. The van der Waals surface area contributed by atoms with Crippen molar-refractivity contribution in [3.63, 3.8) is 0 Å². The van der Waals surface area contributed by atoms with E-state index in [1.807, 2.05) is 0 Å². The van der Waals surface area contributed by atoms with Crippen molar-refractivity contribution in [3.05, 3.63) is 42.5 Å². The first kappa shape index (κ1) is 12.6. The number of nitrogens with one attached hydrogen (secondary N) is 1. The lowest BCUT2D eigenvalue weighted by Gasteiger charge is -2.06. The van der Waals surface area contributed by atoms with Crippen LogP contribution in [0.25, 0.3) is 0 Å². The van der Waals surface area contributed by atoms with Crippen molar-refractivity contribution in [2.24, 2.45) is 0 Å². The lowest BCUT2D eigenvalue weighted by atomic mass is 10.3. The number of furan rings is 1. The van der Waals surface area contributed by atoms with Crippen molar-refractivity contribution < 1.29 is 12.8 Å². The van der Waals surface area contributed by atoms with Crippen LogP contribution >= 0.6 is 0 Å². The molecule has 2 heterocycles. The molecule has 0 bridgehead atoms. The molecular weight excluding hydrogens is 254 g/mol. The minimum Gasteiger partial charge on any atom is -0.469 e. The second-order valence-corrected chi connectivity index (χ2v) is 5.31. The Morgan fingerprint density at radius 1 is 1.33 bits per heavy atom. The molecule has 0 radical (unpaired) electrons. The largest absolute Gasteiger partial charge is 0.469 e. The predicted molar refractivity (Wildman–Crippen MR) is 66.2 cm³/mol. The van der Waals surface area contributed by atoms with Gasteiger partial charge in [0.05, 0.1) is 12.0 Å². The molecule has 7 heteroatoms. The van der Waals surface area contributed by atoms with Crippen LogP contribution in [0.1, 0.15) is 5.76 Å². The molecule has 0 aliphatic carbocycles. The van der Waals surface area contributed by atoms with Crippen LogP contribution in [-0.4, -0.2) is 19.9 Å². The van der Waals surface area contributed by atoms with Crippen LogP contribution in [0.15, 0.2) is 46.2 Å². The fraction of sp³-hybridized carbons (Fsp3) is 0.182. The fourth-order valence-electron chi connectivity index (χ4n) is 1.46. The molecule has 0 atom stereocenters. The Balaban J connectivity index is 2.02. The van der Waals surface area contributed by atoms with Gasteiger partial charge < -0.3 is 10.2 Å². The third-order valence-corrected chi connectivity index (χ3v) is 3.73. The number of pyridine rings is 1. The van der Waals surface area contributed by atoms with E-state index < -0.39 is 10.0 Å². The smallest absolute Gasteiger partial charge is 0.260 e. The monoisotopic (exact) mass is 267 g/mol. The van der Waals surface area contributed by atoms with E-state index >= 15 is 0 Å². The van der Waals surface area contributed by atoms with Crippen LogP contribution in [0.2, 0.25) is 0 Å². The molecule has 2 aromatic heterocycles. The number of hydrogen-bond acceptors (Lipinski definition) is 5. The molecule has 0 aliphatic rings. The number of rotatable bonds is 5. The normalized spacial score (nSPS) is 11.6. The Bertz CT molecular complexity index is 608. The van der Waals surface area contributed by atoms with Gasteiger partial charge in [0, 0.05) is 19.2 Å². The van der Waals surface area contributed by atoms with Gasteiger partial charge in [0.25, 0.3) is 10.0 Å². The summed E-state index contributed by atoms with van der Waals surface area (Å²) < 4.78 is 31.3. The molecule has 18 heavy (non-hydrogen) atoms. The third kappa shape index (κ3) is 2.88. The zero-order chi connectivity index (χ0) is 13.0. The molecule has 0 fully saturated rings. The quantitative estimate of drug-likeness (QED) is 0.834. The highest BCUT2D eigenvalue weighted by atomic mass is 32.2. The standard InChI is InChI=1S/C11H13N3O3S/c12-10-4-1-6-13-11(10)18(15,16)14-7-5-9-3-2-8-17-9/h1-4,6,8,14H,5,7,12H2. The van der Waals surface area contributed by atoms with Gasteiger partial charge in [-0.3, -0.25) is 0 Å². The van der Waals surface area contributed by atoms with Crippen molar-refractivity contribution in [2.45, 2.75) is 11.4 Å². The van der Waals surface area contributed by atoms with Crippen molar-refractivity contribution in [2.75, 3.05) is 12.3 Å². The maximum Gasteiger partial charge on any atom is 0.260 e. The molecule has 0 saturated heterocycles. The highest BCUT2D eigenvalue weighted by Gasteiger charge is 2.18. The average molecular weight is 267 g/mol. The van der Waals surface area contributed by atoms with E-state index in [2.05, 4.69) is 9.71 Å². The van der Waals surface area contributed by atoms with Gasteiger partial charge >= 0.3 is 0 Å². The van der Waals surface area contributed by atoms with E-state index in [-0.39, 0.29) is 17.3 Å². The first-order valence-corrected chi connectivity index (χ1v) is 6.80. The Labute approximate surface area is 105 Å². The lowest BCUT2D eigenvalue weighted by molar-refractivity contribution is 0.505. The SMILES string of the molecule is Nc1cccnc1S(=O)(=O)NCCc1ccco1. The number of nitrogens with two attached hydrogens (primary N) is 1. The van der Waals surface area contributed by atoms with Crippen molar-refractivity contribution >= 4 is 15.7 Å². The zero-order valence-corrected chi connectivity index (χ0v) is 10.4. The number of nitrogen functional groups attached to an aromatic ring is 1. The van der Waals surface area contributed by atoms with Gasteiger partial charge in [-0.25, -0.2) is 18.1 Å². The molecule has 2 aromatic rings. The molecule has 0 aliphatic heterocycles. The summed E-state index contributed by atoms with van der Waals surface area (Å²) in [6.45, 7) is 0.228. The van der Waals surface area contributed by atoms with Crippen LogP contribution < -0.4 is 10.5 Å². The third-order valence-electron chi connectivity index (χ3n) is 2.30. The fourth-order valence-corrected chi connectivity index (χ4v) is 2.55. The molecule has 0 spiro atoms. The molecule has 0 saturated carbocycles. The average Bonchev–Trinajstić information content (AvgIpc) is 2.82. The van der Waals surface area contributed by atoms with Gasteiger partial charge in [0.15, 0.2) is 5.03 Å². The van der Waals surface area contributed by atoms with Crippen LogP contribution in [0.4, 0.5) is 5.69 Å². The molecule has 3 N–H and O–H groups in total. The molecule has 96 valence electrons. The highest BCUT2D eigenvalue weighted by Crippen LogP contribution is 2.13. The summed E-state index contributed by atoms with van der Waals surface area (Å²) in [5.74, 6) is 0.715. The van der Waals surface area contributed by atoms with Gasteiger partial charge in [0.1, 0.15) is 5.76 Å². The maximum absolute atomic E-state index is 11.9. The summed E-state index contributed by atoms with van der Waals surface area (Å²) in [4.78, 5) is 3.77. The first-order valence-electron chi connectivity index (χ1n) is 5.32. The lowest BCUT2D eigenvalue weighted by Crippen LogP contribution is -2.27. The molecule has 2 rings (SSSR count). The van der Waals surface area contributed by atoms with Gasteiger partial charge in [-0.1, -0.05) is 0 Å². The number of nitrogens with zero attached hydrogens (tertiary/aromatic N) is 1. The molecule has 0 unspecified atom stereocenters. The topological polar surface area (TPSA) is 98.2 Å². The Hall–Kier alpha value is -1.86. The summed E-state index contributed by atoms with van der Waals surface area (Å²) in [5, 5.41) is -0.149. The molecular formula is C11H13N3O3S. The Kier molecular flexibility index (Phi) is 3.63. The van der Waals surface area contributed by atoms with Crippen LogP contribution in [0.3, 0.4) is 0 Å². The van der Waals surface area contributed by atoms with E-state index in [4.69, 9.17) is 10.2 Å². The predicted octanol–water partition coefficient (Wildman–Crippen LogP) is 0.778. The highest BCUT2D eigenvalue weighted by molar-refractivity contribution is 7.89. The summed E-state index contributed by atoms with van der Waals surface area (Å²) in [6.07, 6.45) is 3.40. The van der Waals surface area contributed by atoms with Gasteiger partial charge in [-0.2, -0.15) is 0 Å². The number of aromatic nitrogens is 1. The van der Waals surface area contributed by atoms with Crippen molar-refractivity contribution in [1.29, 1.82) is 0 Å². The Morgan fingerprint density at radius 2 is 2.17 bits per heavy atom. The van der Waals surface area contributed by atoms with Crippen LogP contribution in [0.5, 0.6) is 0 Å². The van der Waals surface area contributed by atoms with Gasteiger partial charge in [0.2, 0.25) is 0 Å². The molecule has 0 aromatic carbocycles. The second-order valence-electron chi connectivity index (χ2n) is 3.62. The second kappa shape index (κ2) is 5.19. The number of anilines is 1. The van der Waals surface area contributed by atoms with E-state index in [0.717, 1.165) is 0 Å². The summed E-state index contributed by atoms with van der Waals surface area (Å²) in [6, 6.07) is 6.61. The van der Waals surface area contributed by atoms with Crippen LogP contribution in [0, 0.1) is 0 Å². The summed E-state index contributed by atoms with van der Waals surface area (Å²) in [5.41, 5.74) is 5.70. The summed E-state index contributed by atoms with van der Waals surface area (Å²) >= 11 is 0. The number of hydrogen-bond donors (Lipinski definition) is 2. The Morgan fingerprint density at radius 3 is 2.83 bits per heavy atom.